The van der Waals surface area contributed by atoms with Crippen molar-refractivity contribution in [2.75, 3.05) is 7.11 Å². The van der Waals surface area contributed by atoms with Crippen LogP contribution in [0.3, 0.4) is 0 Å². The molecule has 0 N–H and O–H groups in total. The molecule has 0 saturated heterocycles. The number of methoxy groups -OCH3 is 1. The van der Waals surface area contributed by atoms with Crippen molar-refractivity contribution in [2.45, 2.75) is 33.4 Å². The Morgan fingerprint density at radius 3 is 2.27 bits per heavy atom. The Hall–Kier alpha value is -3.86. The van der Waals surface area contributed by atoms with Crippen LogP contribution >= 0.6 is 0 Å². The Morgan fingerprint density at radius 1 is 0.909 bits per heavy atom. The normalized spacial score (nSPS) is 15.2. The number of nitrogens with zero attached hydrogens (tertiary/aromatic N) is 1. The smallest absolute Gasteiger partial charge is 0.291 e. The van der Waals surface area contributed by atoms with Gasteiger partial charge < -0.3 is 14.1 Å². The van der Waals surface area contributed by atoms with Crippen LogP contribution in [0.4, 0.5) is 0 Å². The highest BCUT2D eigenvalue weighted by Gasteiger charge is 2.42. The van der Waals surface area contributed by atoms with Crippen molar-refractivity contribution in [1.29, 1.82) is 0 Å². The van der Waals surface area contributed by atoms with Gasteiger partial charge in [-0.05, 0) is 61.2 Å². The number of aryl methyl sites for hydroxylation is 3. The van der Waals surface area contributed by atoms with E-state index in [1.807, 2.05) is 81.4 Å². The van der Waals surface area contributed by atoms with Gasteiger partial charge in [-0.1, -0.05) is 48.0 Å². The highest BCUT2D eigenvalue weighted by atomic mass is 16.5. The molecule has 166 valence electrons. The number of fused-ring (bicyclic) bond motifs is 2. The largest absolute Gasteiger partial charge is 0.497 e. The second-order valence-corrected chi connectivity index (χ2v) is 8.72. The van der Waals surface area contributed by atoms with Crippen LogP contribution in [0.5, 0.6) is 5.75 Å². The molecule has 2 heterocycles. The van der Waals surface area contributed by atoms with Crippen LogP contribution in [0.25, 0.3) is 11.0 Å². The van der Waals surface area contributed by atoms with E-state index in [9.17, 15) is 9.59 Å². The number of amides is 1. The maximum absolute atomic E-state index is 13.8. The Kier molecular flexibility index (Phi) is 5.05. The number of hydrogen-bond acceptors (Lipinski definition) is 4. The molecule has 0 saturated carbocycles. The minimum atomic E-state index is -0.541. The first-order valence-electron chi connectivity index (χ1n) is 11.0. The third-order valence-electron chi connectivity index (χ3n) is 6.32. The van der Waals surface area contributed by atoms with Crippen LogP contribution in [0.2, 0.25) is 0 Å². The van der Waals surface area contributed by atoms with Gasteiger partial charge in [-0.25, -0.2) is 0 Å². The lowest BCUT2D eigenvalue weighted by molar-refractivity contribution is 0.0714. The number of carbonyl (C=O) groups excluding carboxylic acids is 1. The number of rotatable bonds is 4. The van der Waals surface area contributed by atoms with Gasteiger partial charge in [-0.15, -0.1) is 0 Å². The lowest BCUT2D eigenvalue weighted by Gasteiger charge is -2.25. The fraction of sp³-hybridized carbons (Fsp3) is 0.214. The van der Waals surface area contributed by atoms with Crippen molar-refractivity contribution in [3.63, 3.8) is 0 Å². The summed E-state index contributed by atoms with van der Waals surface area (Å²) in [5.41, 5.74) is 5.51. The van der Waals surface area contributed by atoms with Crippen LogP contribution in [-0.4, -0.2) is 17.9 Å². The fourth-order valence-electron chi connectivity index (χ4n) is 4.70. The van der Waals surface area contributed by atoms with Crippen LogP contribution in [0.1, 0.15) is 50.0 Å². The quantitative estimate of drug-likeness (QED) is 0.423. The summed E-state index contributed by atoms with van der Waals surface area (Å²) < 4.78 is 11.4. The molecule has 5 rings (SSSR count). The first kappa shape index (κ1) is 21.0. The maximum atomic E-state index is 13.8. The average molecular weight is 440 g/mol. The van der Waals surface area contributed by atoms with Gasteiger partial charge in [0.05, 0.1) is 24.1 Å². The van der Waals surface area contributed by atoms with Crippen molar-refractivity contribution in [3.8, 4) is 5.75 Å². The van der Waals surface area contributed by atoms with Gasteiger partial charge in [0.2, 0.25) is 5.76 Å². The van der Waals surface area contributed by atoms with E-state index in [1.54, 1.807) is 12.0 Å². The SMILES string of the molecule is COc1ccc(C2c3c(oc4cc(C)cc(C)c4c3=O)C(=O)N2Cc2ccc(C)cc2)cc1. The summed E-state index contributed by atoms with van der Waals surface area (Å²) in [6.45, 7) is 6.25. The predicted molar refractivity (Wildman–Crippen MR) is 128 cm³/mol. The van der Waals surface area contributed by atoms with E-state index in [1.165, 1.54) is 0 Å². The topological polar surface area (TPSA) is 59.8 Å². The monoisotopic (exact) mass is 439 g/mol. The van der Waals surface area contributed by atoms with Crippen molar-refractivity contribution in [3.05, 3.63) is 110 Å². The van der Waals surface area contributed by atoms with Gasteiger partial charge in [0.1, 0.15) is 11.3 Å². The number of benzene rings is 3. The van der Waals surface area contributed by atoms with Gasteiger partial charge in [0, 0.05) is 6.54 Å². The molecular formula is C28H25NO4. The molecule has 1 atom stereocenters. The molecule has 0 radical (unpaired) electrons. The second kappa shape index (κ2) is 7.93. The van der Waals surface area contributed by atoms with Crippen molar-refractivity contribution < 1.29 is 13.9 Å². The van der Waals surface area contributed by atoms with Crippen LogP contribution in [0, 0.1) is 20.8 Å². The third kappa shape index (κ3) is 3.50. The lowest BCUT2D eigenvalue weighted by Crippen LogP contribution is -2.29. The molecule has 3 aromatic carbocycles. The molecule has 5 heteroatoms. The summed E-state index contributed by atoms with van der Waals surface area (Å²) in [5.74, 6) is 0.570. The Bertz CT molecular complexity index is 1430. The molecule has 1 amide bonds. The summed E-state index contributed by atoms with van der Waals surface area (Å²) in [6, 6.07) is 18.8. The van der Waals surface area contributed by atoms with Crippen LogP contribution in [0.15, 0.2) is 69.9 Å². The molecule has 0 aliphatic carbocycles. The van der Waals surface area contributed by atoms with E-state index in [-0.39, 0.29) is 17.1 Å². The van der Waals surface area contributed by atoms with E-state index in [0.29, 0.717) is 28.8 Å². The molecule has 1 aliphatic heterocycles. The molecule has 1 aliphatic rings. The Balaban J connectivity index is 1.73. The van der Waals surface area contributed by atoms with Crippen LogP contribution in [-0.2, 0) is 6.54 Å². The number of hydrogen-bond donors (Lipinski definition) is 0. The molecule has 0 bridgehead atoms. The van der Waals surface area contributed by atoms with Gasteiger partial charge in [-0.2, -0.15) is 0 Å². The number of carbonyl (C=O) groups is 1. The van der Waals surface area contributed by atoms with Crippen molar-refractivity contribution in [2.24, 2.45) is 0 Å². The summed E-state index contributed by atoms with van der Waals surface area (Å²) in [4.78, 5) is 29.1. The molecule has 33 heavy (non-hydrogen) atoms. The minimum absolute atomic E-state index is 0.130. The molecule has 1 aromatic heterocycles. The zero-order chi connectivity index (χ0) is 23.3. The van der Waals surface area contributed by atoms with Crippen molar-refractivity contribution >= 4 is 16.9 Å². The summed E-state index contributed by atoms with van der Waals surface area (Å²) in [5, 5.41) is 0.530. The molecular weight excluding hydrogens is 414 g/mol. The maximum Gasteiger partial charge on any atom is 0.291 e. The second-order valence-electron chi connectivity index (χ2n) is 8.72. The molecule has 0 fully saturated rings. The first-order valence-corrected chi connectivity index (χ1v) is 11.0. The first-order chi connectivity index (χ1) is 15.9. The van der Waals surface area contributed by atoms with Gasteiger partial charge in [-0.3, -0.25) is 9.59 Å². The highest BCUT2D eigenvalue weighted by molar-refractivity contribution is 5.99. The molecule has 4 aromatic rings. The highest BCUT2D eigenvalue weighted by Crippen LogP contribution is 2.40. The Labute approximate surface area is 192 Å². The zero-order valence-electron chi connectivity index (χ0n) is 19.1. The third-order valence-corrected chi connectivity index (χ3v) is 6.32. The summed E-state index contributed by atoms with van der Waals surface area (Å²) in [7, 11) is 1.61. The molecule has 0 spiro atoms. The van der Waals surface area contributed by atoms with E-state index >= 15 is 0 Å². The van der Waals surface area contributed by atoms with E-state index in [0.717, 1.165) is 27.8 Å². The van der Waals surface area contributed by atoms with Gasteiger partial charge in [0.15, 0.2) is 5.43 Å². The zero-order valence-corrected chi connectivity index (χ0v) is 19.1. The van der Waals surface area contributed by atoms with Crippen molar-refractivity contribution in [1.82, 2.24) is 4.90 Å². The van der Waals surface area contributed by atoms with E-state index < -0.39 is 6.04 Å². The summed E-state index contributed by atoms with van der Waals surface area (Å²) in [6.07, 6.45) is 0. The van der Waals surface area contributed by atoms with E-state index in [2.05, 4.69) is 0 Å². The Morgan fingerprint density at radius 2 is 1.61 bits per heavy atom. The lowest BCUT2D eigenvalue weighted by atomic mass is 9.96. The standard InChI is InChI=1S/C28H25NO4/c1-16-5-7-19(8-6-16)15-29-25(20-9-11-21(32-4)12-10-20)24-26(30)23-18(3)13-17(2)14-22(23)33-27(24)28(29)31/h5-14,25H,15H2,1-4H3. The average Bonchev–Trinajstić information content (AvgIpc) is 3.07. The van der Waals surface area contributed by atoms with Crippen LogP contribution < -0.4 is 10.2 Å². The minimum Gasteiger partial charge on any atom is -0.497 e. The predicted octanol–water partition coefficient (Wildman–Crippen LogP) is 5.47. The fourth-order valence-corrected chi connectivity index (χ4v) is 4.70. The van der Waals surface area contributed by atoms with Gasteiger partial charge >= 0.3 is 0 Å². The van der Waals surface area contributed by atoms with E-state index in [4.69, 9.17) is 9.15 Å². The molecule has 1 unspecified atom stereocenters. The molecule has 5 nitrogen and oxygen atoms in total. The van der Waals surface area contributed by atoms with Gasteiger partial charge in [0.25, 0.3) is 5.91 Å². The number of ether oxygens (including phenoxy) is 1. The summed E-state index contributed by atoms with van der Waals surface area (Å²) >= 11 is 0.